The van der Waals surface area contributed by atoms with E-state index >= 15 is 0 Å². The number of para-hydroxylation sites is 2. The van der Waals surface area contributed by atoms with Crippen molar-refractivity contribution in [2.24, 2.45) is 0 Å². The minimum atomic E-state index is -0.355. The lowest BCUT2D eigenvalue weighted by Gasteiger charge is -2.38. The summed E-state index contributed by atoms with van der Waals surface area (Å²) in [7, 11) is 0. The van der Waals surface area contributed by atoms with E-state index in [4.69, 9.17) is 9.97 Å². The number of benzene rings is 7. The molecule has 9 aromatic rings. The molecule has 0 bridgehead atoms. The predicted molar refractivity (Wildman–Crippen MR) is 210 cm³/mol. The summed E-state index contributed by atoms with van der Waals surface area (Å²) in [4.78, 5) is 12.0. The maximum Gasteiger partial charge on any atom is 0.235 e. The van der Waals surface area contributed by atoms with Gasteiger partial charge in [0.2, 0.25) is 5.95 Å². The molecule has 0 saturated heterocycles. The van der Waals surface area contributed by atoms with Crippen LogP contribution in [0, 0.1) is 0 Å². The number of thioether (sulfide) groups is 1. The van der Waals surface area contributed by atoms with Crippen molar-refractivity contribution in [3.8, 4) is 17.2 Å². The van der Waals surface area contributed by atoms with Gasteiger partial charge in [-0.1, -0.05) is 164 Å². The lowest BCUT2D eigenvalue weighted by Crippen LogP contribution is -2.33. The molecule has 0 spiro atoms. The highest BCUT2D eigenvalue weighted by molar-refractivity contribution is 8.00. The van der Waals surface area contributed by atoms with Crippen LogP contribution in [0.3, 0.4) is 0 Å². The zero-order valence-corrected chi connectivity index (χ0v) is 28.5. The van der Waals surface area contributed by atoms with Gasteiger partial charge in [0.05, 0.1) is 27.7 Å². The van der Waals surface area contributed by atoms with E-state index in [9.17, 15) is 0 Å². The van der Waals surface area contributed by atoms with E-state index in [1.807, 2.05) is 11.8 Å². The third kappa shape index (κ3) is 3.97. The quantitative estimate of drug-likeness (QED) is 0.187. The molecule has 1 aliphatic carbocycles. The Morgan fingerprint density at radius 2 is 1.14 bits per heavy atom. The molecule has 2 aromatic heterocycles. The minimum absolute atomic E-state index is 0.188. The Hall–Kier alpha value is -5.97. The Bertz CT molecular complexity index is 2750. The lowest BCUT2D eigenvalue weighted by molar-refractivity contribution is 0.518. The van der Waals surface area contributed by atoms with Crippen LogP contribution in [-0.4, -0.2) is 14.5 Å². The Labute approximate surface area is 300 Å². The molecular weight excluding hydrogens is 639 g/mol. The molecule has 11 rings (SSSR count). The fourth-order valence-corrected chi connectivity index (χ4v) is 10.9. The third-order valence-corrected chi connectivity index (χ3v) is 12.6. The number of hydrogen-bond acceptors (Lipinski definition) is 3. The summed E-state index contributed by atoms with van der Waals surface area (Å²) in [5.41, 5.74) is 11.8. The van der Waals surface area contributed by atoms with Crippen LogP contribution < -0.4 is 0 Å². The van der Waals surface area contributed by atoms with Crippen molar-refractivity contribution in [1.82, 2.24) is 14.5 Å². The molecule has 4 heteroatoms. The van der Waals surface area contributed by atoms with Gasteiger partial charge in [-0.3, -0.25) is 4.57 Å². The fraction of sp³-hybridized carbons (Fsp3) is 0.0638. The highest BCUT2D eigenvalue weighted by Crippen LogP contribution is 2.71. The van der Waals surface area contributed by atoms with Gasteiger partial charge in [0.1, 0.15) is 0 Å². The van der Waals surface area contributed by atoms with Crippen LogP contribution in [-0.2, 0) is 5.41 Å². The SMILES string of the molecule is c1ccc(-c2nc(-n3c4ccccc4c4ccc5c(c43)SC3c4ccccc4C(c4ccccc4)(c4ccccc4)C53)nc3ccccc23)cc1. The van der Waals surface area contributed by atoms with Crippen molar-refractivity contribution in [3.05, 3.63) is 204 Å². The average Bonchev–Trinajstić information content (AvgIpc) is 3.85. The molecular formula is C47H31N3S. The summed E-state index contributed by atoms with van der Waals surface area (Å²) in [6.45, 7) is 0. The van der Waals surface area contributed by atoms with E-state index in [0.717, 1.165) is 27.7 Å². The van der Waals surface area contributed by atoms with Gasteiger partial charge in [0.15, 0.2) is 0 Å². The first kappa shape index (κ1) is 28.8. The largest absolute Gasteiger partial charge is 0.277 e. The fourth-order valence-electron chi connectivity index (χ4n) is 9.17. The van der Waals surface area contributed by atoms with Gasteiger partial charge < -0.3 is 0 Å². The standard InChI is InChI=1S/C47H31N3S/c1-4-16-30(17-5-1)42-36-24-11-14-26-39(36)48-46(49-42)50-40-27-15-12-22-33(40)34-28-29-37-41-44(51-45(37)43(34)50)35-23-10-13-25-38(35)47(41,31-18-6-2-7-19-31)32-20-8-3-9-21-32/h1-29,41,44H. The monoisotopic (exact) mass is 669 g/mol. The van der Waals surface area contributed by atoms with E-state index < -0.39 is 0 Å². The maximum absolute atomic E-state index is 5.41. The lowest BCUT2D eigenvalue weighted by atomic mass is 9.63. The number of hydrogen-bond donors (Lipinski definition) is 0. The van der Waals surface area contributed by atoms with Crippen LogP contribution in [0.15, 0.2) is 181 Å². The van der Waals surface area contributed by atoms with E-state index in [2.05, 4.69) is 180 Å². The summed E-state index contributed by atoms with van der Waals surface area (Å²) in [6.07, 6.45) is 0. The Morgan fingerprint density at radius 3 is 1.90 bits per heavy atom. The Balaban J connectivity index is 1.24. The molecule has 0 N–H and O–H groups in total. The van der Waals surface area contributed by atoms with Gasteiger partial charge in [-0.05, 0) is 39.9 Å². The van der Waals surface area contributed by atoms with Crippen molar-refractivity contribution in [2.75, 3.05) is 0 Å². The number of fused-ring (bicyclic) bond motifs is 10. The van der Waals surface area contributed by atoms with Gasteiger partial charge >= 0.3 is 0 Å². The summed E-state index contributed by atoms with van der Waals surface area (Å²) >= 11 is 2.02. The first-order chi connectivity index (χ1) is 25.3. The summed E-state index contributed by atoms with van der Waals surface area (Å²) in [5, 5.41) is 3.73. The second-order valence-electron chi connectivity index (χ2n) is 13.6. The molecule has 51 heavy (non-hydrogen) atoms. The maximum atomic E-state index is 5.41. The van der Waals surface area contributed by atoms with E-state index in [-0.39, 0.29) is 16.6 Å². The smallest absolute Gasteiger partial charge is 0.235 e. The molecule has 3 heterocycles. The molecule has 2 atom stereocenters. The molecule has 3 nitrogen and oxygen atoms in total. The van der Waals surface area contributed by atoms with Crippen LogP contribution >= 0.6 is 11.8 Å². The number of rotatable bonds is 4. The van der Waals surface area contributed by atoms with E-state index in [0.29, 0.717) is 5.95 Å². The van der Waals surface area contributed by atoms with Gasteiger partial charge in [-0.25, -0.2) is 9.97 Å². The molecule has 2 aliphatic rings. The molecule has 0 fully saturated rings. The van der Waals surface area contributed by atoms with Crippen LogP contribution in [0.2, 0.25) is 0 Å². The highest BCUT2D eigenvalue weighted by Gasteiger charge is 2.58. The molecule has 240 valence electrons. The van der Waals surface area contributed by atoms with Crippen LogP contribution in [0.1, 0.15) is 39.0 Å². The van der Waals surface area contributed by atoms with Crippen molar-refractivity contribution in [2.45, 2.75) is 21.5 Å². The number of nitrogens with zero attached hydrogens (tertiary/aromatic N) is 3. The van der Waals surface area contributed by atoms with E-state index in [1.54, 1.807) is 0 Å². The molecule has 2 unspecified atom stereocenters. The van der Waals surface area contributed by atoms with Crippen molar-refractivity contribution in [1.29, 1.82) is 0 Å². The van der Waals surface area contributed by atoms with Crippen LogP contribution in [0.4, 0.5) is 0 Å². The first-order valence-corrected chi connectivity index (χ1v) is 18.5. The van der Waals surface area contributed by atoms with Crippen LogP contribution in [0.25, 0.3) is 49.9 Å². The summed E-state index contributed by atoms with van der Waals surface area (Å²) in [6, 6.07) is 63.9. The first-order valence-electron chi connectivity index (χ1n) is 17.6. The minimum Gasteiger partial charge on any atom is -0.277 e. The van der Waals surface area contributed by atoms with E-state index in [1.165, 1.54) is 49.0 Å². The third-order valence-electron chi connectivity index (χ3n) is 11.2. The molecule has 0 saturated carbocycles. The summed E-state index contributed by atoms with van der Waals surface area (Å²) < 4.78 is 2.34. The second-order valence-corrected chi connectivity index (χ2v) is 14.8. The normalized spacial score (nSPS) is 17.1. The van der Waals surface area contributed by atoms with Gasteiger partial charge in [0, 0.05) is 37.8 Å². The van der Waals surface area contributed by atoms with Crippen molar-refractivity contribution < 1.29 is 0 Å². The van der Waals surface area contributed by atoms with Gasteiger partial charge in [0.25, 0.3) is 0 Å². The topological polar surface area (TPSA) is 30.7 Å². The molecule has 0 radical (unpaired) electrons. The average molecular weight is 670 g/mol. The summed E-state index contributed by atoms with van der Waals surface area (Å²) in [5.74, 6) is 0.885. The molecule has 0 amide bonds. The Kier molecular flexibility index (Phi) is 6.23. The second kappa shape index (κ2) is 11.0. The zero-order valence-electron chi connectivity index (χ0n) is 27.6. The molecule has 1 aliphatic heterocycles. The zero-order chi connectivity index (χ0) is 33.5. The highest BCUT2D eigenvalue weighted by atomic mass is 32.2. The van der Waals surface area contributed by atoms with Crippen LogP contribution in [0.5, 0.6) is 0 Å². The Morgan fingerprint density at radius 1 is 0.510 bits per heavy atom. The van der Waals surface area contributed by atoms with Crippen molar-refractivity contribution in [3.63, 3.8) is 0 Å². The predicted octanol–water partition coefficient (Wildman–Crippen LogP) is 11.7. The van der Waals surface area contributed by atoms with Crippen molar-refractivity contribution >= 4 is 44.5 Å². The molecule has 7 aromatic carbocycles. The van der Waals surface area contributed by atoms with Gasteiger partial charge in [-0.15, -0.1) is 11.8 Å². The number of aromatic nitrogens is 3. The van der Waals surface area contributed by atoms with Gasteiger partial charge in [-0.2, -0.15) is 0 Å².